The van der Waals surface area contributed by atoms with Crippen molar-refractivity contribution < 1.29 is 14.4 Å². The molecule has 1 aliphatic heterocycles. The monoisotopic (exact) mass is 393 g/mol. The average Bonchev–Trinajstić information content (AvgIpc) is 2.97. The fourth-order valence-electron chi connectivity index (χ4n) is 3.26. The number of aryl methyl sites for hydroxylation is 2. The van der Waals surface area contributed by atoms with E-state index in [9.17, 15) is 14.4 Å². The number of imide groups is 2. The molecular formula is C21H16ClN3O3. The Balaban J connectivity index is 1.81. The highest BCUT2D eigenvalue weighted by Crippen LogP contribution is 2.28. The van der Waals surface area contributed by atoms with Gasteiger partial charge < -0.3 is 4.57 Å². The molecule has 1 saturated heterocycles. The summed E-state index contributed by atoms with van der Waals surface area (Å²) in [5.74, 6) is -1.42. The summed E-state index contributed by atoms with van der Waals surface area (Å²) in [6.07, 6.45) is 3.34. The molecule has 0 atom stereocenters. The summed E-state index contributed by atoms with van der Waals surface area (Å²) in [7, 11) is 1.89. The molecule has 1 N–H and O–H groups in total. The highest BCUT2D eigenvalue weighted by molar-refractivity contribution is 6.39. The van der Waals surface area contributed by atoms with Gasteiger partial charge in [0.1, 0.15) is 5.57 Å². The third-order valence-electron chi connectivity index (χ3n) is 4.74. The van der Waals surface area contributed by atoms with Crippen LogP contribution in [-0.4, -0.2) is 22.4 Å². The van der Waals surface area contributed by atoms with Gasteiger partial charge in [0.05, 0.1) is 5.69 Å². The molecule has 6 nitrogen and oxygen atoms in total. The number of para-hydroxylation sites is 1. The van der Waals surface area contributed by atoms with Crippen LogP contribution in [0.2, 0.25) is 5.02 Å². The van der Waals surface area contributed by atoms with Crippen molar-refractivity contribution in [3.8, 4) is 0 Å². The molecule has 1 aliphatic rings. The van der Waals surface area contributed by atoms with Crippen molar-refractivity contribution in [1.82, 2.24) is 9.88 Å². The first-order valence-corrected chi connectivity index (χ1v) is 8.96. The zero-order chi connectivity index (χ0) is 20.0. The van der Waals surface area contributed by atoms with Crippen LogP contribution in [0.15, 0.2) is 54.2 Å². The molecule has 0 unspecified atom stereocenters. The van der Waals surface area contributed by atoms with Gasteiger partial charge in [-0.2, -0.15) is 0 Å². The third-order valence-corrected chi connectivity index (χ3v) is 5.15. The molecule has 28 heavy (non-hydrogen) atoms. The van der Waals surface area contributed by atoms with Gasteiger partial charge in [-0.25, -0.2) is 9.69 Å². The first-order valence-electron chi connectivity index (χ1n) is 8.58. The Kier molecular flexibility index (Phi) is 4.28. The van der Waals surface area contributed by atoms with Crippen LogP contribution in [0.4, 0.5) is 10.5 Å². The standard InChI is InChI=1S/C21H16ClN3O3/c1-12-7-8-14(10-17(12)22)25-20(27)16(19(26)23-21(25)28)9-13-11-24(2)18-6-4-3-5-15(13)18/h3-11H,1-2H3,(H,23,26,28). The van der Waals surface area contributed by atoms with Crippen molar-refractivity contribution in [1.29, 1.82) is 0 Å². The van der Waals surface area contributed by atoms with Crippen molar-refractivity contribution >= 4 is 52.1 Å². The van der Waals surface area contributed by atoms with E-state index in [4.69, 9.17) is 11.6 Å². The van der Waals surface area contributed by atoms with E-state index in [2.05, 4.69) is 5.32 Å². The minimum atomic E-state index is -0.801. The summed E-state index contributed by atoms with van der Waals surface area (Å²) in [4.78, 5) is 38.6. The fourth-order valence-corrected chi connectivity index (χ4v) is 3.43. The van der Waals surface area contributed by atoms with Crippen LogP contribution in [0.5, 0.6) is 0 Å². The second kappa shape index (κ2) is 6.65. The lowest BCUT2D eigenvalue weighted by atomic mass is 10.1. The van der Waals surface area contributed by atoms with Gasteiger partial charge in [-0.3, -0.25) is 14.9 Å². The third kappa shape index (κ3) is 2.88. The number of nitrogens with zero attached hydrogens (tertiary/aromatic N) is 2. The lowest BCUT2D eigenvalue weighted by Crippen LogP contribution is -2.54. The Morgan fingerprint density at radius 2 is 1.82 bits per heavy atom. The van der Waals surface area contributed by atoms with E-state index < -0.39 is 17.8 Å². The molecule has 0 saturated carbocycles. The summed E-state index contributed by atoms with van der Waals surface area (Å²) >= 11 is 6.14. The number of benzene rings is 2. The van der Waals surface area contributed by atoms with E-state index in [1.165, 1.54) is 12.1 Å². The van der Waals surface area contributed by atoms with E-state index in [0.29, 0.717) is 16.3 Å². The van der Waals surface area contributed by atoms with Crippen molar-refractivity contribution in [2.24, 2.45) is 7.05 Å². The highest BCUT2D eigenvalue weighted by Gasteiger charge is 2.37. The SMILES string of the molecule is Cc1ccc(N2C(=O)NC(=O)C(=Cc3cn(C)c4ccccc34)C2=O)cc1Cl. The van der Waals surface area contributed by atoms with Crippen LogP contribution >= 0.6 is 11.6 Å². The van der Waals surface area contributed by atoms with Gasteiger partial charge >= 0.3 is 6.03 Å². The first kappa shape index (κ1) is 18.0. The van der Waals surface area contributed by atoms with Gasteiger partial charge in [0, 0.05) is 34.7 Å². The molecule has 2 heterocycles. The number of amides is 4. The predicted octanol–water partition coefficient (Wildman–Crippen LogP) is 3.81. The van der Waals surface area contributed by atoms with Crippen LogP contribution in [0.25, 0.3) is 17.0 Å². The van der Waals surface area contributed by atoms with Crippen molar-refractivity contribution in [3.63, 3.8) is 0 Å². The van der Waals surface area contributed by atoms with Crippen LogP contribution < -0.4 is 10.2 Å². The normalized spacial score (nSPS) is 16.2. The number of anilines is 1. The van der Waals surface area contributed by atoms with E-state index in [1.807, 2.05) is 49.0 Å². The molecule has 1 aromatic heterocycles. The fraction of sp³-hybridized carbons (Fsp3) is 0.0952. The molecule has 4 amide bonds. The van der Waals surface area contributed by atoms with Gasteiger partial charge in [0.2, 0.25) is 0 Å². The van der Waals surface area contributed by atoms with E-state index >= 15 is 0 Å². The van der Waals surface area contributed by atoms with Gasteiger partial charge in [0.25, 0.3) is 11.8 Å². The highest BCUT2D eigenvalue weighted by atomic mass is 35.5. The van der Waals surface area contributed by atoms with Crippen LogP contribution in [0, 0.1) is 6.92 Å². The van der Waals surface area contributed by atoms with Gasteiger partial charge in [-0.15, -0.1) is 0 Å². The van der Waals surface area contributed by atoms with E-state index in [-0.39, 0.29) is 5.57 Å². The summed E-state index contributed by atoms with van der Waals surface area (Å²) in [6.45, 7) is 1.82. The Morgan fingerprint density at radius 1 is 1.07 bits per heavy atom. The number of carbonyl (C=O) groups excluding carboxylic acids is 3. The number of aromatic nitrogens is 1. The Bertz CT molecular complexity index is 1190. The average molecular weight is 394 g/mol. The Hall–Kier alpha value is -3.38. The van der Waals surface area contributed by atoms with Gasteiger partial charge in [0.15, 0.2) is 0 Å². The number of nitrogens with one attached hydrogen (secondary N) is 1. The topological polar surface area (TPSA) is 71.4 Å². The second-order valence-corrected chi connectivity index (χ2v) is 7.01. The second-order valence-electron chi connectivity index (χ2n) is 6.60. The van der Waals surface area contributed by atoms with Crippen LogP contribution in [0.1, 0.15) is 11.1 Å². The number of barbiturate groups is 1. The summed E-state index contributed by atoms with van der Waals surface area (Å²) in [5, 5.41) is 3.55. The Morgan fingerprint density at radius 3 is 2.57 bits per heavy atom. The number of rotatable bonds is 2. The molecule has 3 aromatic rings. The zero-order valence-corrected chi connectivity index (χ0v) is 15.9. The maximum atomic E-state index is 13.0. The minimum Gasteiger partial charge on any atom is -0.350 e. The maximum Gasteiger partial charge on any atom is 0.335 e. The quantitative estimate of drug-likeness (QED) is 0.531. The number of urea groups is 1. The van der Waals surface area contributed by atoms with Gasteiger partial charge in [-0.1, -0.05) is 35.9 Å². The molecular weight excluding hydrogens is 378 g/mol. The molecule has 7 heteroatoms. The maximum absolute atomic E-state index is 13.0. The smallest absolute Gasteiger partial charge is 0.335 e. The summed E-state index contributed by atoms with van der Waals surface area (Å²) in [6, 6.07) is 11.7. The van der Waals surface area contributed by atoms with Gasteiger partial charge in [-0.05, 0) is 36.8 Å². The zero-order valence-electron chi connectivity index (χ0n) is 15.2. The number of hydrogen-bond donors (Lipinski definition) is 1. The number of hydrogen-bond acceptors (Lipinski definition) is 3. The lowest BCUT2D eigenvalue weighted by Gasteiger charge is -2.26. The predicted molar refractivity (Wildman–Crippen MR) is 108 cm³/mol. The number of carbonyl (C=O) groups is 3. The summed E-state index contributed by atoms with van der Waals surface area (Å²) in [5.41, 5.74) is 2.68. The molecule has 0 bridgehead atoms. The van der Waals surface area contributed by atoms with E-state index in [0.717, 1.165) is 21.4 Å². The molecule has 0 spiro atoms. The van der Waals surface area contributed by atoms with Crippen molar-refractivity contribution in [3.05, 3.63) is 70.4 Å². The minimum absolute atomic E-state index is 0.118. The summed E-state index contributed by atoms with van der Waals surface area (Å²) < 4.78 is 1.91. The number of halogens is 1. The first-order chi connectivity index (χ1) is 13.4. The molecule has 1 fully saturated rings. The molecule has 2 aromatic carbocycles. The molecule has 0 radical (unpaired) electrons. The Labute approximate surface area is 166 Å². The molecule has 4 rings (SSSR count). The molecule has 140 valence electrons. The van der Waals surface area contributed by atoms with Crippen molar-refractivity contribution in [2.75, 3.05) is 4.90 Å². The molecule has 0 aliphatic carbocycles. The largest absolute Gasteiger partial charge is 0.350 e. The van der Waals surface area contributed by atoms with Crippen LogP contribution in [-0.2, 0) is 16.6 Å². The van der Waals surface area contributed by atoms with Crippen molar-refractivity contribution in [2.45, 2.75) is 6.92 Å². The lowest BCUT2D eigenvalue weighted by molar-refractivity contribution is -0.122. The van der Waals surface area contributed by atoms with E-state index in [1.54, 1.807) is 12.1 Å². The number of fused-ring (bicyclic) bond motifs is 1. The van der Waals surface area contributed by atoms with Crippen LogP contribution in [0.3, 0.4) is 0 Å².